The van der Waals surface area contributed by atoms with Crippen LogP contribution >= 0.6 is 19.6 Å². The van der Waals surface area contributed by atoms with Gasteiger partial charge in [-0.2, -0.15) is 0 Å². The van der Waals surface area contributed by atoms with Crippen molar-refractivity contribution < 1.29 is 13.8 Å². The van der Waals surface area contributed by atoms with Gasteiger partial charge in [0.25, 0.3) is 0 Å². The molecule has 1 atom stereocenters. The second-order valence-electron chi connectivity index (χ2n) is 4.89. The van der Waals surface area contributed by atoms with Crippen LogP contribution in [0.15, 0.2) is 42.5 Å². The molecule has 0 bridgehead atoms. The standard InChI is InChI=1S/C16H17ClO3P.K/c1-11(2)12-4-7-14(8-5-12)21(18)20-15-9-6-13(17)10-16(15)19-3;/h4-11H,1-3H3;/q+1;. The van der Waals surface area contributed by atoms with Crippen molar-refractivity contribution in [2.45, 2.75) is 19.8 Å². The second-order valence-corrected chi connectivity index (χ2v) is 6.54. The van der Waals surface area contributed by atoms with E-state index in [2.05, 4.69) is 13.8 Å². The van der Waals surface area contributed by atoms with Gasteiger partial charge in [-0.15, -0.1) is 0 Å². The van der Waals surface area contributed by atoms with E-state index in [0.717, 1.165) is 0 Å². The number of halogens is 1. The maximum absolute atomic E-state index is 12.3. The third-order valence-corrected chi connectivity index (χ3v) is 4.39. The van der Waals surface area contributed by atoms with Gasteiger partial charge >= 0.3 is 8.03 Å². The quantitative estimate of drug-likeness (QED) is 0.578. The summed E-state index contributed by atoms with van der Waals surface area (Å²) in [6, 6.07) is 12.5. The summed E-state index contributed by atoms with van der Waals surface area (Å²) < 4.78 is 23.0. The van der Waals surface area contributed by atoms with Crippen LogP contribution in [-0.4, -0.2) is 58.5 Å². The van der Waals surface area contributed by atoms with Crippen molar-refractivity contribution in [2.75, 3.05) is 7.11 Å². The van der Waals surface area contributed by atoms with Gasteiger partial charge in [0.05, 0.1) is 7.11 Å². The molecule has 6 heteroatoms. The van der Waals surface area contributed by atoms with Gasteiger partial charge in [-0.3, -0.25) is 0 Å². The maximum atomic E-state index is 12.3. The van der Waals surface area contributed by atoms with Gasteiger partial charge in [0.1, 0.15) is 0 Å². The molecule has 2 aromatic carbocycles. The van der Waals surface area contributed by atoms with E-state index >= 15 is 0 Å². The topological polar surface area (TPSA) is 35.5 Å². The number of ether oxygens (including phenoxy) is 1. The summed E-state index contributed by atoms with van der Waals surface area (Å²) in [6.45, 7) is 4.23. The van der Waals surface area contributed by atoms with Gasteiger partial charge in [0, 0.05) is 62.5 Å². The van der Waals surface area contributed by atoms with Crippen molar-refractivity contribution in [3.8, 4) is 11.5 Å². The molecular formula is C16H17ClKO3P+. The van der Waals surface area contributed by atoms with E-state index in [1.807, 2.05) is 24.3 Å². The fourth-order valence-electron chi connectivity index (χ4n) is 1.84. The Bertz CT molecular complexity index is 644. The van der Waals surface area contributed by atoms with Crippen LogP contribution in [0.4, 0.5) is 0 Å². The van der Waals surface area contributed by atoms with E-state index in [1.54, 1.807) is 18.2 Å². The molecule has 0 spiro atoms. The van der Waals surface area contributed by atoms with E-state index in [4.69, 9.17) is 20.9 Å². The monoisotopic (exact) mass is 362 g/mol. The number of benzene rings is 2. The minimum Gasteiger partial charge on any atom is -0.493 e. The Kier molecular flexibility index (Phi) is 8.58. The number of hydrogen-bond donors (Lipinski definition) is 0. The average Bonchev–Trinajstić information content (AvgIpc) is 2.49. The van der Waals surface area contributed by atoms with Crippen LogP contribution in [0.1, 0.15) is 25.3 Å². The first-order valence-electron chi connectivity index (χ1n) is 6.60. The minimum absolute atomic E-state index is 0. The summed E-state index contributed by atoms with van der Waals surface area (Å²) in [7, 11) is -0.471. The molecule has 0 aliphatic carbocycles. The van der Waals surface area contributed by atoms with Crippen LogP contribution < -0.4 is 14.6 Å². The molecule has 0 aromatic heterocycles. The smallest absolute Gasteiger partial charge is 0.493 e. The van der Waals surface area contributed by atoms with Crippen molar-refractivity contribution in [2.24, 2.45) is 0 Å². The molecule has 2 rings (SSSR count). The molecule has 1 unspecified atom stereocenters. The second kappa shape index (κ2) is 9.38. The summed E-state index contributed by atoms with van der Waals surface area (Å²) in [5.74, 6) is 1.31. The van der Waals surface area contributed by atoms with Gasteiger partial charge in [-0.25, -0.2) is 4.52 Å². The SMILES string of the molecule is COc1cc(Cl)ccc1O[P+](=O)c1ccc(C(C)C)cc1.[K]. The molecule has 0 N–H and O–H groups in total. The summed E-state index contributed by atoms with van der Waals surface area (Å²) in [4.78, 5) is 0. The molecule has 0 fully saturated rings. The summed E-state index contributed by atoms with van der Waals surface area (Å²) in [6.07, 6.45) is 0. The normalized spacial score (nSPS) is 10.9. The zero-order chi connectivity index (χ0) is 15.4. The van der Waals surface area contributed by atoms with E-state index in [-0.39, 0.29) is 51.4 Å². The van der Waals surface area contributed by atoms with Crippen molar-refractivity contribution in [3.63, 3.8) is 0 Å². The molecule has 3 nitrogen and oxygen atoms in total. The van der Waals surface area contributed by atoms with Gasteiger partial charge < -0.3 is 4.74 Å². The third kappa shape index (κ3) is 5.31. The predicted molar refractivity (Wildman–Crippen MR) is 92.2 cm³/mol. The first kappa shape index (κ1) is 20.1. The van der Waals surface area contributed by atoms with E-state index in [1.165, 1.54) is 12.7 Å². The zero-order valence-electron chi connectivity index (χ0n) is 13.2. The fourth-order valence-corrected chi connectivity index (χ4v) is 2.83. The van der Waals surface area contributed by atoms with Crippen molar-refractivity contribution in [3.05, 3.63) is 53.1 Å². The summed E-state index contributed by atoms with van der Waals surface area (Å²) in [5.41, 5.74) is 1.20. The Labute approximate surface area is 179 Å². The molecule has 0 aliphatic heterocycles. The Morgan fingerprint density at radius 2 is 1.68 bits per heavy atom. The van der Waals surface area contributed by atoms with Crippen molar-refractivity contribution in [1.29, 1.82) is 0 Å². The Morgan fingerprint density at radius 3 is 2.23 bits per heavy atom. The minimum atomic E-state index is -1.99. The van der Waals surface area contributed by atoms with E-state index < -0.39 is 8.03 Å². The molecule has 2 aromatic rings. The first-order valence-corrected chi connectivity index (χ1v) is 8.15. The van der Waals surface area contributed by atoms with Gasteiger partial charge in [-0.1, -0.05) is 37.6 Å². The van der Waals surface area contributed by atoms with Crippen LogP contribution in [0, 0.1) is 0 Å². The molecule has 0 heterocycles. The zero-order valence-corrected chi connectivity index (χ0v) is 17.9. The molecule has 1 radical (unpaired) electrons. The van der Waals surface area contributed by atoms with Gasteiger partial charge in [-0.05, 0) is 40.3 Å². The van der Waals surface area contributed by atoms with Crippen LogP contribution in [0.3, 0.4) is 0 Å². The molecular weight excluding hydrogens is 346 g/mol. The van der Waals surface area contributed by atoms with Crippen molar-refractivity contribution in [1.82, 2.24) is 0 Å². The molecule has 0 saturated carbocycles. The Balaban J connectivity index is 0.00000242. The maximum Gasteiger partial charge on any atom is 0.597 e. The average molecular weight is 363 g/mol. The summed E-state index contributed by atoms with van der Waals surface area (Å²) >= 11 is 5.89. The Morgan fingerprint density at radius 1 is 1.05 bits per heavy atom. The number of methoxy groups -OCH3 is 1. The summed E-state index contributed by atoms with van der Waals surface area (Å²) in [5, 5.41) is 1.18. The van der Waals surface area contributed by atoms with E-state index in [9.17, 15) is 4.57 Å². The fraction of sp³-hybridized carbons (Fsp3) is 0.250. The molecule has 22 heavy (non-hydrogen) atoms. The van der Waals surface area contributed by atoms with Gasteiger partial charge in [0.15, 0.2) is 5.75 Å². The van der Waals surface area contributed by atoms with Crippen LogP contribution in [0.5, 0.6) is 11.5 Å². The van der Waals surface area contributed by atoms with Crippen molar-refractivity contribution >= 4 is 76.3 Å². The van der Waals surface area contributed by atoms with Crippen LogP contribution in [-0.2, 0) is 4.57 Å². The first-order chi connectivity index (χ1) is 10.0. The molecule has 0 saturated heterocycles. The Hall–Kier alpha value is 0.0664. The van der Waals surface area contributed by atoms with E-state index in [0.29, 0.717) is 27.7 Å². The van der Waals surface area contributed by atoms with Gasteiger partial charge in [0.2, 0.25) is 11.1 Å². The van der Waals surface area contributed by atoms with Crippen LogP contribution in [0.2, 0.25) is 5.02 Å². The third-order valence-electron chi connectivity index (χ3n) is 3.08. The number of rotatable bonds is 5. The molecule has 111 valence electrons. The molecule has 0 aliphatic rings. The van der Waals surface area contributed by atoms with Crippen LogP contribution in [0.25, 0.3) is 0 Å². The molecule has 0 amide bonds. The largest absolute Gasteiger partial charge is 0.597 e. The predicted octanol–water partition coefficient (Wildman–Crippen LogP) is 4.54. The number of hydrogen-bond acceptors (Lipinski definition) is 3.